The monoisotopic (exact) mass is 429 g/mol. The minimum Gasteiger partial charge on any atom is -0.481 e. The summed E-state index contributed by atoms with van der Waals surface area (Å²) >= 11 is 0. The Kier molecular flexibility index (Phi) is 5.43. The standard InChI is InChI=1S/C24H23N5O3/c1-31-21-11-10-20-23(27-21)28-22(26-20)16-2-4-17(5-3-16)24(30)25-18-6-8-19(9-7-18)29-12-14-32-15-13-29/h2-11H,12-15H2,1H3,(H,25,30)(H,26,27,28). The van der Waals surface area contributed by atoms with Crippen LogP contribution in [0.25, 0.3) is 22.6 Å². The first-order valence-electron chi connectivity index (χ1n) is 10.4. The lowest BCUT2D eigenvalue weighted by atomic mass is 10.1. The Hall–Kier alpha value is -3.91. The largest absolute Gasteiger partial charge is 0.481 e. The van der Waals surface area contributed by atoms with Crippen LogP contribution in [-0.2, 0) is 4.74 Å². The van der Waals surface area contributed by atoms with Gasteiger partial charge in [-0.05, 0) is 42.5 Å². The van der Waals surface area contributed by atoms with Crippen LogP contribution in [-0.4, -0.2) is 54.3 Å². The van der Waals surface area contributed by atoms with E-state index in [4.69, 9.17) is 9.47 Å². The normalized spacial score (nSPS) is 13.8. The van der Waals surface area contributed by atoms with Crippen molar-refractivity contribution in [3.8, 4) is 17.3 Å². The van der Waals surface area contributed by atoms with Crippen LogP contribution in [0.4, 0.5) is 11.4 Å². The number of anilines is 2. The molecule has 4 aromatic rings. The number of rotatable bonds is 5. The predicted molar refractivity (Wildman–Crippen MR) is 123 cm³/mol. The molecule has 1 aliphatic rings. The van der Waals surface area contributed by atoms with Crippen molar-refractivity contribution in [2.24, 2.45) is 0 Å². The predicted octanol–water partition coefficient (Wildman–Crippen LogP) is 3.72. The number of nitrogens with one attached hydrogen (secondary N) is 2. The number of aromatic nitrogens is 3. The summed E-state index contributed by atoms with van der Waals surface area (Å²) in [6.45, 7) is 3.25. The molecular weight excluding hydrogens is 406 g/mol. The van der Waals surface area contributed by atoms with Crippen molar-refractivity contribution in [2.45, 2.75) is 0 Å². The molecule has 0 spiro atoms. The van der Waals surface area contributed by atoms with E-state index >= 15 is 0 Å². The molecule has 3 heterocycles. The molecule has 32 heavy (non-hydrogen) atoms. The lowest BCUT2D eigenvalue weighted by molar-refractivity contribution is 0.102. The lowest BCUT2D eigenvalue weighted by Gasteiger charge is -2.28. The van der Waals surface area contributed by atoms with E-state index in [2.05, 4.69) is 25.2 Å². The fraction of sp³-hybridized carbons (Fsp3) is 0.208. The number of morpholine rings is 1. The number of methoxy groups -OCH3 is 1. The number of amides is 1. The van der Waals surface area contributed by atoms with E-state index < -0.39 is 0 Å². The number of carbonyl (C=O) groups excluding carboxylic acids is 1. The third-order valence-corrected chi connectivity index (χ3v) is 5.45. The topological polar surface area (TPSA) is 92.4 Å². The number of H-pyrrole nitrogens is 1. The zero-order valence-electron chi connectivity index (χ0n) is 17.7. The van der Waals surface area contributed by atoms with E-state index in [1.165, 1.54) is 0 Å². The minimum absolute atomic E-state index is 0.160. The first-order valence-corrected chi connectivity index (χ1v) is 10.4. The number of carbonyl (C=O) groups is 1. The van der Waals surface area contributed by atoms with Crippen molar-refractivity contribution < 1.29 is 14.3 Å². The summed E-state index contributed by atoms with van der Waals surface area (Å²) < 4.78 is 10.5. The molecular formula is C24H23N5O3. The van der Waals surface area contributed by atoms with Crippen molar-refractivity contribution in [2.75, 3.05) is 43.6 Å². The first-order chi connectivity index (χ1) is 15.7. The maximum atomic E-state index is 12.7. The number of imidazole rings is 1. The summed E-state index contributed by atoms with van der Waals surface area (Å²) in [6.07, 6.45) is 0. The average molecular weight is 429 g/mol. The highest BCUT2D eigenvalue weighted by molar-refractivity contribution is 6.04. The summed E-state index contributed by atoms with van der Waals surface area (Å²) in [6, 6.07) is 18.9. The molecule has 162 valence electrons. The second-order valence-corrected chi connectivity index (χ2v) is 7.49. The number of hydrogen-bond donors (Lipinski definition) is 2. The number of nitrogens with zero attached hydrogens (tertiary/aromatic N) is 3. The number of hydrogen-bond acceptors (Lipinski definition) is 6. The molecule has 0 bridgehead atoms. The maximum absolute atomic E-state index is 12.7. The van der Waals surface area contributed by atoms with Crippen LogP contribution in [0.2, 0.25) is 0 Å². The van der Waals surface area contributed by atoms with E-state index in [1.807, 2.05) is 42.5 Å². The Balaban J connectivity index is 1.27. The SMILES string of the molecule is COc1ccc2[nH]c(-c3ccc(C(=O)Nc4ccc(N5CCOCC5)cc4)cc3)nc2n1. The van der Waals surface area contributed by atoms with Gasteiger partial charge in [0, 0.05) is 41.7 Å². The molecule has 2 N–H and O–H groups in total. The van der Waals surface area contributed by atoms with Crippen molar-refractivity contribution >= 4 is 28.4 Å². The second kappa shape index (κ2) is 8.68. The summed E-state index contributed by atoms with van der Waals surface area (Å²) in [5, 5.41) is 2.95. The number of fused-ring (bicyclic) bond motifs is 1. The highest BCUT2D eigenvalue weighted by Crippen LogP contribution is 2.23. The summed E-state index contributed by atoms with van der Waals surface area (Å²) in [7, 11) is 1.57. The van der Waals surface area contributed by atoms with E-state index in [1.54, 1.807) is 25.3 Å². The van der Waals surface area contributed by atoms with Gasteiger partial charge in [-0.25, -0.2) is 4.98 Å². The lowest BCUT2D eigenvalue weighted by Crippen LogP contribution is -2.36. The van der Waals surface area contributed by atoms with Gasteiger partial charge in [0.05, 0.1) is 25.8 Å². The van der Waals surface area contributed by atoms with Gasteiger partial charge in [0.15, 0.2) is 5.65 Å². The average Bonchev–Trinajstić information content (AvgIpc) is 3.28. The van der Waals surface area contributed by atoms with E-state index in [9.17, 15) is 4.79 Å². The molecule has 0 unspecified atom stereocenters. The Morgan fingerprint density at radius 1 is 1.00 bits per heavy atom. The number of benzene rings is 2. The molecule has 2 aromatic heterocycles. The molecule has 1 fully saturated rings. The van der Waals surface area contributed by atoms with Crippen molar-refractivity contribution in [3.63, 3.8) is 0 Å². The van der Waals surface area contributed by atoms with Gasteiger partial charge in [-0.1, -0.05) is 12.1 Å². The highest BCUT2D eigenvalue weighted by atomic mass is 16.5. The third-order valence-electron chi connectivity index (χ3n) is 5.45. The fourth-order valence-electron chi connectivity index (χ4n) is 3.69. The molecule has 5 rings (SSSR count). The van der Waals surface area contributed by atoms with Gasteiger partial charge < -0.3 is 24.7 Å². The van der Waals surface area contributed by atoms with Gasteiger partial charge in [0.2, 0.25) is 5.88 Å². The zero-order valence-corrected chi connectivity index (χ0v) is 17.7. The molecule has 0 saturated carbocycles. The Morgan fingerprint density at radius 2 is 1.75 bits per heavy atom. The van der Waals surface area contributed by atoms with Crippen molar-refractivity contribution in [1.82, 2.24) is 15.0 Å². The zero-order chi connectivity index (χ0) is 21.9. The molecule has 8 nitrogen and oxygen atoms in total. The van der Waals surface area contributed by atoms with Crippen molar-refractivity contribution in [3.05, 3.63) is 66.2 Å². The van der Waals surface area contributed by atoms with Gasteiger partial charge >= 0.3 is 0 Å². The van der Waals surface area contributed by atoms with Crippen LogP contribution in [0.5, 0.6) is 5.88 Å². The molecule has 2 aromatic carbocycles. The fourth-order valence-corrected chi connectivity index (χ4v) is 3.69. The molecule has 1 aliphatic heterocycles. The van der Waals surface area contributed by atoms with Crippen LogP contribution in [0.1, 0.15) is 10.4 Å². The summed E-state index contributed by atoms with van der Waals surface area (Å²) in [5.74, 6) is 1.04. The van der Waals surface area contributed by atoms with Gasteiger partial charge in [-0.15, -0.1) is 0 Å². The number of aromatic amines is 1. The van der Waals surface area contributed by atoms with Crippen LogP contribution < -0.4 is 15.0 Å². The number of ether oxygens (including phenoxy) is 2. The minimum atomic E-state index is -0.160. The van der Waals surface area contributed by atoms with Crippen molar-refractivity contribution in [1.29, 1.82) is 0 Å². The third kappa shape index (κ3) is 4.13. The molecule has 0 radical (unpaired) electrons. The van der Waals surface area contributed by atoms with E-state index in [0.717, 1.165) is 48.8 Å². The van der Waals surface area contributed by atoms with Gasteiger partial charge in [0.25, 0.3) is 5.91 Å². The smallest absolute Gasteiger partial charge is 0.255 e. The van der Waals surface area contributed by atoms with Crippen LogP contribution >= 0.6 is 0 Å². The van der Waals surface area contributed by atoms with E-state index in [0.29, 0.717) is 22.9 Å². The first kappa shape index (κ1) is 20.0. The van der Waals surface area contributed by atoms with Crippen LogP contribution in [0.3, 0.4) is 0 Å². The van der Waals surface area contributed by atoms with Gasteiger partial charge in [-0.2, -0.15) is 4.98 Å². The second-order valence-electron chi connectivity index (χ2n) is 7.49. The maximum Gasteiger partial charge on any atom is 0.255 e. The highest BCUT2D eigenvalue weighted by Gasteiger charge is 2.12. The molecule has 1 saturated heterocycles. The number of pyridine rings is 1. The molecule has 0 aliphatic carbocycles. The molecule has 0 atom stereocenters. The quantitative estimate of drug-likeness (QED) is 0.502. The Bertz CT molecular complexity index is 1230. The summed E-state index contributed by atoms with van der Waals surface area (Å²) in [5.41, 5.74) is 4.74. The Labute approximate surface area is 185 Å². The molecule has 8 heteroatoms. The molecule has 1 amide bonds. The van der Waals surface area contributed by atoms with E-state index in [-0.39, 0.29) is 5.91 Å². The van der Waals surface area contributed by atoms with Crippen LogP contribution in [0, 0.1) is 0 Å². The summed E-state index contributed by atoms with van der Waals surface area (Å²) in [4.78, 5) is 27.0. The van der Waals surface area contributed by atoms with Gasteiger partial charge in [-0.3, -0.25) is 4.79 Å². The van der Waals surface area contributed by atoms with Crippen LogP contribution in [0.15, 0.2) is 60.7 Å². The van der Waals surface area contributed by atoms with Gasteiger partial charge in [0.1, 0.15) is 5.82 Å². The Morgan fingerprint density at radius 3 is 2.47 bits per heavy atom.